The minimum absolute atomic E-state index is 0.184. The summed E-state index contributed by atoms with van der Waals surface area (Å²) in [6.07, 6.45) is 10.7. The van der Waals surface area contributed by atoms with E-state index in [-0.39, 0.29) is 17.7 Å². The Bertz CT molecular complexity index is 473. The molecule has 5 fully saturated rings. The highest BCUT2D eigenvalue weighted by molar-refractivity contribution is 5.80. The Labute approximate surface area is 144 Å². The summed E-state index contributed by atoms with van der Waals surface area (Å²) in [5.41, 5.74) is 0. The number of fused-ring (bicyclic) bond motifs is 3. The molecule has 3 heterocycles. The van der Waals surface area contributed by atoms with Crippen molar-refractivity contribution in [2.24, 2.45) is 11.8 Å². The maximum atomic E-state index is 12.9. The number of hydrogen-bond acceptors (Lipinski definition) is 3. The van der Waals surface area contributed by atoms with Crippen molar-refractivity contribution in [3.8, 4) is 0 Å². The van der Waals surface area contributed by atoms with Crippen molar-refractivity contribution in [2.45, 2.75) is 82.3 Å². The normalized spacial score (nSPS) is 36.8. The summed E-state index contributed by atoms with van der Waals surface area (Å²) in [4.78, 5) is 27.3. The smallest absolute Gasteiger partial charge is 0.226 e. The highest BCUT2D eigenvalue weighted by atomic mass is 16.2. The highest BCUT2D eigenvalue weighted by Gasteiger charge is 2.39. The molecular weight excluding hydrogens is 302 g/mol. The van der Waals surface area contributed by atoms with Crippen LogP contribution in [-0.2, 0) is 9.59 Å². The second-order valence-electron chi connectivity index (χ2n) is 8.37. The number of piperidine rings is 2. The van der Waals surface area contributed by atoms with Gasteiger partial charge in [0.2, 0.25) is 11.8 Å². The molecule has 0 aromatic carbocycles. The minimum atomic E-state index is 0.184. The van der Waals surface area contributed by atoms with Gasteiger partial charge in [0.1, 0.15) is 0 Å². The average molecular weight is 333 g/mol. The number of nitrogens with zero attached hydrogens (tertiary/aromatic N) is 1. The van der Waals surface area contributed by atoms with Crippen molar-refractivity contribution in [3.63, 3.8) is 0 Å². The van der Waals surface area contributed by atoms with E-state index >= 15 is 0 Å². The summed E-state index contributed by atoms with van der Waals surface area (Å²) in [6, 6.07) is 1.23. The van der Waals surface area contributed by atoms with Crippen LogP contribution in [0.25, 0.3) is 0 Å². The first-order valence-corrected chi connectivity index (χ1v) is 10.0. The molecule has 2 saturated carbocycles. The van der Waals surface area contributed by atoms with Crippen LogP contribution in [0.3, 0.4) is 0 Å². The second-order valence-corrected chi connectivity index (χ2v) is 8.37. The fourth-order valence-electron chi connectivity index (χ4n) is 5.20. The van der Waals surface area contributed by atoms with Crippen LogP contribution in [0.5, 0.6) is 0 Å². The van der Waals surface area contributed by atoms with Crippen molar-refractivity contribution in [2.75, 3.05) is 13.1 Å². The number of carbonyl (C=O) groups is 2. The van der Waals surface area contributed by atoms with Crippen LogP contribution in [0.15, 0.2) is 0 Å². The third kappa shape index (κ3) is 3.32. The molecule has 0 aromatic rings. The molecule has 3 saturated heterocycles. The first-order chi connectivity index (χ1) is 11.7. The number of carbonyl (C=O) groups excluding carboxylic acids is 2. The third-order valence-corrected chi connectivity index (χ3v) is 6.78. The van der Waals surface area contributed by atoms with Crippen molar-refractivity contribution < 1.29 is 9.59 Å². The van der Waals surface area contributed by atoms with Crippen LogP contribution in [0.1, 0.15) is 64.2 Å². The topological polar surface area (TPSA) is 61.4 Å². The fourth-order valence-corrected chi connectivity index (χ4v) is 5.20. The Morgan fingerprint density at radius 1 is 0.875 bits per heavy atom. The van der Waals surface area contributed by atoms with Crippen LogP contribution in [0.4, 0.5) is 0 Å². The van der Waals surface area contributed by atoms with E-state index in [1.165, 1.54) is 19.3 Å². The zero-order valence-electron chi connectivity index (χ0n) is 14.6. The predicted molar refractivity (Wildman–Crippen MR) is 92.4 cm³/mol. The molecular formula is C19H31N3O2. The third-order valence-electron chi connectivity index (χ3n) is 6.78. The number of nitrogens with one attached hydrogen (secondary N) is 2. The van der Waals surface area contributed by atoms with Gasteiger partial charge in [0, 0.05) is 43.1 Å². The highest BCUT2D eigenvalue weighted by Crippen LogP contribution is 2.31. The van der Waals surface area contributed by atoms with Crippen molar-refractivity contribution in [3.05, 3.63) is 0 Å². The summed E-state index contributed by atoms with van der Waals surface area (Å²) in [6.45, 7) is 1.88. The summed E-state index contributed by atoms with van der Waals surface area (Å²) in [7, 11) is 0. The lowest BCUT2D eigenvalue weighted by Crippen LogP contribution is -2.63. The summed E-state index contributed by atoms with van der Waals surface area (Å²) >= 11 is 0. The van der Waals surface area contributed by atoms with E-state index in [0.29, 0.717) is 24.0 Å². The molecule has 24 heavy (non-hydrogen) atoms. The molecule has 0 spiro atoms. The molecule has 134 valence electrons. The maximum Gasteiger partial charge on any atom is 0.226 e. The first-order valence-electron chi connectivity index (χ1n) is 10.0. The van der Waals surface area contributed by atoms with E-state index in [1.54, 1.807) is 0 Å². The van der Waals surface area contributed by atoms with E-state index in [0.717, 1.165) is 58.0 Å². The quantitative estimate of drug-likeness (QED) is 0.828. The Kier molecular flexibility index (Phi) is 4.79. The van der Waals surface area contributed by atoms with E-state index in [1.807, 2.05) is 0 Å². The Morgan fingerprint density at radius 2 is 1.62 bits per heavy atom. The van der Waals surface area contributed by atoms with Gasteiger partial charge in [-0.3, -0.25) is 9.59 Å². The Morgan fingerprint density at radius 3 is 2.21 bits per heavy atom. The number of rotatable bonds is 3. The van der Waals surface area contributed by atoms with Crippen molar-refractivity contribution >= 4 is 11.8 Å². The zero-order valence-corrected chi connectivity index (χ0v) is 14.6. The molecule has 2 unspecified atom stereocenters. The molecule has 2 bridgehead atoms. The molecule has 0 aromatic heterocycles. The molecule has 2 N–H and O–H groups in total. The van der Waals surface area contributed by atoms with E-state index in [2.05, 4.69) is 15.5 Å². The average Bonchev–Trinajstić information content (AvgIpc) is 3.17. The molecule has 5 aliphatic rings. The van der Waals surface area contributed by atoms with Gasteiger partial charge in [-0.1, -0.05) is 12.8 Å². The largest absolute Gasteiger partial charge is 0.353 e. The number of piperazine rings is 1. The minimum Gasteiger partial charge on any atom is -0.353 e. The first kappa shape index (κ1) is 16.4. The van der Waals surface area contributed by atoms with Crippen LogP contribution < -0.4 is 10.6 Å². The van der Waals surface area contributed by atoms with Gasteiger partial charge in [-0.15, -0.1) is 0 Å². The summed E-state index contributed by atoms with van der Waals surface area (Å²) in [5.74, 6) is 1.08. The number of amides is 2. The van der Waals surface area contributed by atoms with Crippen LogP contribution >= 0.6 is 0 Å². The summed E-state index contributed by atoms with van der Waals surface area (Å²) in [5, 5.41) is 6.77. The van der Waals surface area contributed by atoms with E-state index in [4.69, 9.17) is 0 Å². The Balaban J connectivity index is 1.25. The fraction of sp³-hybridized carbons (Fsp3) is 0.895. The van der Waals surface area contributed by atoms with Crippen LogP contribution in [0.2, 0.25) is 0 Å². The molecule has 0 radical (unpaired) electrons. The lowest BCUT2D eigenvalue weighted by atomic mass is 9.83. The monoisotopic (exact) mass is 333 g/mol. The van der Waals surface area contributed by atoms with Gasteiger partial charge in [0.25, 0.3) is 0 Å². The van der Waals surface area contributed by atoms with Gasteiger partial charge in [-0.05, 0) is 51.4 Å². The van der Waals surface area contributed by atoms with Gasteiger partial charge in [0.05, 0.1) is 0 Å². The molecule has 2 atom stereocenters. The van der Waals surface area contributed by atoms with Crippen LogP contribution in [-0.4, -0.2) is 47.9 Å². The molecule has 2 aliphatic carbocycles. The standard InChI is InChI=1S/C19H31N3O2/c23-18(13-3-1-2-4-13)21-15-7-5-14(6-8-15)19(24)22-12-16-9-10-17(22)11-20-16/h13-17,20H,1-12H2,(H,21,23). The number of hydrogen-bond donors (Lipinski definition) is 2. The summed E-state index contributed by atoms with van der Waals surface area (Å²) < 4.78 is 0. The SMILES string of the molecule is O=C(NC1CCC(C(=O)N2CC3CCC2CN3)CC1)C1CCCC1. The lowest BCUT2D eigenvalue weighted by Gasteiger charge is -2.47. The van der Waals surface area contributed by atoms with Gasteiger partial charge in [-0.25, -0.2) is 0 Å². The van der Waals surface area contributed by atoms with E-state index in [9.17, 15) is 9.59 Å². The molecule has 3 aliphatic heterocycles. The van der Waals surface area contributed by atoms with Crippen molar-refractivity contribution in [1.29, 1.82) is 0 Å². The molecule has 5 rings (SSSR count). The van der Waals surface area contributed by atoms with E-state index < -0.39 is 0 Å². The molecule has 2 amide bonds. The maximum absolute atomic E-state index is 12.9. The van der Waals surface area contributed by atoms with Gasteiger partial charge in [0.15, 0.2) is 0 Å². The van der Waals surface area contributed by atoms with Gasteiger partial charge in [-0.2, -0.15) is 0 Å². The van der Waals surface area contributed by atoms with Crippen LogP contribution in [0, 0.1) is 11.8 Å². The Hall–Kier alpha value is -1.10. The molecule has 5 heteroatoms. The predicted octanol–water partition coefficient (Wildman–Crippen LogP) is 1.81. The zero-order chi connectivity index (χ0) is 16.5. The second kappa shape index (κ2) is 7.03. The lowest BCUT2D eigenvalue weighted by molar-refractivity contribution is -0.142. The van der Waals surface area contributed by atoms with Gasteiger partial charge >= 0.3 is 0 Å². The van der Waals surface area contributed by atoms with Gasteiger partial charge < -0.3 is 15.5 Å². The van der Waals surface area contributed by atoms with Crippen molar-refractivity contribution in [1.82, 2.24) is 15.5 Å². The molecule has 5 nitrogen and oxygen atoms in total.